The highest BCUT2D eigenvalue weighted by Gasteiger charge is 2.27. The van der Waals surface area contributed by atoms with Gasteiger partial charge in [-0.2, -0.15) is 0 Å². The van der Waals surface area contributed by atoms with Crippen LogP contribution in [0.1, 0.15) is 66.2 Å². The van der Waals surface area contributed by atoms with Crippen LogP contribution < -0.4 is 0 Å². The molecule has 0 nitrogen and oxygen atoms in total. The maximum absolute atomic E-state index is 2.52. The molecule has 0 radical (unpaired) electrons. The van der Waals surface area contributed by atoms with Gasteiger partial charge < -0.3 is 0 Å². The van der Waals surface area contributed by atoms with E-state index in [0.717, 1.165) is 0 Å². The van der Waals surface area contributed by atoms with Gasteiger partial charge in [-0.1, -0.05) is 49.3 Å². The Kier molecular flexibility index (Phi) is 3.84. The quantitative estimate of drug-likeness (QED) is 0.537. The molecule has 0 heteroatoms. The van der Waals surface area contributed by atoms with E-state index in [0.29, 0.717) is 10.8 Å². The van der Waals surface area contributed by atoms with Crippen molar-refractivity contribution >= 4 is 0 Å². The molecule has 2 unspecified atom stereocenters. The minimum absolute atomic E-state index is 0.402. The number of rotatable bonds is 2. The molecule has 0 aliphatic heterocycles. The lowest BCUT2D eigenvalue weighted by atomic mass is 9.72. The molecule has 2 aliphatic rings. The molecule has 2 aliphatic carbocycles. The van der Waals surface area contributed by atoms with Gasteiger partial charge in [-0.25, -0.2) is 0 Å². The summed E-state index contributed by atoms with van der Waals surface area (Å²) in [5.41, 5.74) is 3.95. The van der Waals surface area contributed by atoms with Crippen LogP contribution in [-0.2, 0) is 0 Å². The van der Waals surface area contributed by atoms with E-state index in [1.165, 1.54) is 38.5 Å². The van der Waals surface area contributed by atoms with Crippen LogP contribution in [0.15, 0.2) is 35.5 Å². The molecule has 0 aromatic carbocycles. The third-order valence-electron chi connectivity index (χ3n) is 4.90. The second kappa shape index (κ2) is 5.07. The molecule has 18 heavy (non-hydrogen) atoms. The molecule has 0 heterocycles. The lowest BCUT2D eigenvalue weighted by Gasteiger charge is -2.33. The Morgan fingerprint density at radius 2 is 1.22 bits per heavy atom. The summed E-state index contributed by atoms with van der Waals surface area (Å²) < 4.78 is 0. The van der Waals surface area contributed by atoms with E-state index < -0.39 is 0 Å². The Morgan fingerprint density at radius 3 is 1.50 bits per heavy atom. The molecule has 0 aromatic rings. The third kappa shape index (κ3) is 3.37. The standard InChI is InChI=1S/C18H28/c1-15-5-9-17(3,10-6-15)13-14-18(4)11-7-16(2)8-12-18/h5,7,13-14H,6,8-12H2,1-4H3/b14-13+. The smallest absolute Gasteiger partial charge is 0.0109 e. The monoisotopic (exact) mass is 244 g/mol. The van der Waals surface area contributed by atoms with E-state index in [-0.39, 0.29) is 0 Å². The summed E-state index contributed by atoms with van der Waals surface area (Å²) in [6.45, 7) is 9.36. The largest absolute Gasteiger partial charge is 0.0848 e. The topological polar surface area (TPSA) is 0 Å². The summed E-state index contributed by atoms with van der Waals surface area (Å²) in [5, 5.41) is 0. The van der Waals surface area contributed by atoms with Crippen LogP contribution >= 0.6 is 0 Å². The van der Waals surface area contributed by atoms with Crippen molar-refractivity contribution in [3.05, 3.63) is 35.5 Å². The predicted molar refractivity (Wildman–Crippen MR) is 80.6 cm³/mol. The molecule has 0 aromatic heterocycles. The summed E-state index contributed by atoms with van der Waals surface area (Å²) in [7, 11) is 0. The van der Waals surface area contributed by atoms with Gasteiger partial charge in [-0.3, -0.25) is 0 Å². The average molecular weight is 244 g/mol. The van der Waals surface area contributed by atoms with Crippen LogP contribution in [0.4, 0.5) is 0 Å². The lowest BCUT2D eigenvalue weighted by molar-refractivity contribution is 0.348. The number of hydrogen-bond acceptors (Lipinski definition) is 0. The van der Waals surface area contributed by atoms with Crippen molar-refractivity contribution in [3.8, 4) is 0 Å². The van der Waals surface area contributed by atoms with E-state index in [1.54, 1.807) is 11.1 Å². The van der Waals surface area contributed by atoms with Gasteiger partial charge in [0.15, 0.2) is 0 Å². The van der Waals surface area contributed by atoms with E-state index in [1.807, 2.05) is 0 Å². The average Bonchev–Trinajstić information content (AvgIpc) is 2.36. The first-order valence-corrected chi connectivity index (χ1v) is 7.43. The second-order valence-electron chi connectivity index (χ2n) is 7.15. The third-order valence-corrected chi connectivity index (χ3v) is 4.90. The van der Waals surface area contributed by atoms with Crippen molar-refractivity contribution in [2.24, 2.45) is 10.8 Å². The van der Waals surface area contributed by atoms with Gasteiger partial charge in [-0.05, 0) is 63.2 Å². The molecule has 0 saturated carbocycles. The zero-order valence-corrected chi connectivity index (χ0v) is 12.6. The van der Waals surface area contributed by atoms with Crippen LogP contribution in [0.5, 0.6) is 0 Å². The molecule has 0 amide bonds. The van der Waals surface area contributed by atoms with Crippen LogP contribution in [0.3, 0.4) is 0 Å². The van der Waals surface area contributed by atoms with Crippen molar-refractivity contribution in [2.75, 3.05) is 0 Å². The van der Waals surface area contributed by atoms with E-state index in [9.17, 15) is 0 Å². The van der Waals surface area contributed by atoms with Crippen LogP contribution in [0.2, 0.25) is 0 Å². The van der Waals surface area contributed by atoms with Crippen molar-refractivity contribution in [1.29, 1.82) is 0 Å². The summed E-state index contributed by atoms with van der Waals surface area (Å²) in [4.78, 5) is 0. The van der Waals surface area contributed by atoms with E-state index in [4.69, 9.17) is 0 Å². The molecule has 0 saturated heterocycles. The van der Waals surface area contributed by atoms with Crippen LogP contribution in [0.25, 0.3) is 0 Å². The molecule has 0 bridgehead atoms. The Morgan fingerprint density at radius 1 is 0.833 bits per heavy atom. The van der Waals surface area contributed by atoms with Gasteiger partial charge in [0.2, 0.25) is 0 Å². The number of hydrogen-bond donors (Lipinski definition) is 0. The molecule has 2 atom stereocenters. The summed E-state index contributed by atoms with van der Waals surface area (Å²) >= 11 is 0. The first-order chi connectivity index (χ1) is 8.41. The van der Waals surface area contributed by atoms with Crippen molar-refractivity contribution in [3.63, 3.8) is 0 Å². The molecular formula is C18H28. The lowest BCUT2D eigenvalue weighted by Crippen LogP contribution is -2.20. The van der Waals surface area contributed by atoms with Crippen molar-refractivity contribution in [2.45, 2.75) is 66.2 Å². The molecular weight excluding hydrogens is 216 g/mol. The fraction of sp³-hybridized carbons (Fsp3) is 0.667. The van der Waals surface area contributed by atoms with Crippen LogP contribution in [0, 0.1) is 10.8 Å². The van der Waals surface area contributed by atoms with Gasteiger partial charge in [0.25, 0.3) is 0 Å². The van der Waals surface area contributed by atoms with Crippen molar-refractivity contribution < 1.29 is 0 Å². The molecule has 100 valence electrons. The van der Waals surface area contributed by atoms with Gasteiger partial charge in [0, 0.05) is 0 Å². The fourth-order valence-corrected chi connectivity index (χ4v) is 2.89. The minimum Gasteiger partial charge on any atom is -0.0848 e. The second-order valence-corrected chi connectivity index (χ2v) is 7.15. The fourth-order valence-electron chi connectivity index (χ4n) is 2.89. The first-order valence-electron chi connectivity index (χ1n) is 7.43. The highest BCUT2D eigenvalue weighted by atomic mass is 14.3. The summed E-state index contributed by atoms with van der Waals surface area (Å²) in [6, 6.07) is 0. The van der Waals surface area contributed by atoms with Gasteiger partial charge in [-0.15, -0.1) is 0 Å². The predicted octanol–water partition coefficient (Wildman–Crippen LogP) is 5.82. The Bertz CT molecular complexity index is 358. The van der Waals surface area contributed by atoms with Crippen LogP contribution in [-0.4, -0.2) is 0 Å². The number of allylic oxidation sites excluding steroid dienone is 6. The molecule has 0 fully saturated rings. The zero-order chi connectivity index (χ0) is 13.2. The molecule has 2 rings (SSSR count). The highest BCUT2D eigenvalue weighted by molar-refractivity contribution is 5.16. The Hall–Kier alpha value is -0.780. The van der Waals surface area contributed by atoms with Gasteiger partial charge in [0.05, 0.1) is 0 Å². The van der Waals surface area contributed by atoms with E-state index >= 15 is 0 Å². The summed E-state index contributed by atoms with van der Waals surface area (Å²) in [6.07, 6.45) is 17.5. The minimum atomic E-state index is 0.402. The molecule has 0 spiro atoms. The van der Waals surface area contributed by atoms with Gasteiger partial charge >= 0.3 is 0 Å². The normalized spacial score (nSPS) is 37.6. The maximum Gasteiger partial charge on any atom is -0.0109 e. The molecule has 0 N–H and O–H groups in total. The maximum atomic E-state index is 2.52. The van der Waals surface area contributed by atoms with E-state index in [2.05, 4.69) is 52.0 Å². The SMILES string of the molecule is CC1=CCC(C)(/C=C/C2(C)CC=C(C)CC2)CC1. The Balaban J connectivity index is 2.03. The van der Waals surface area contributed by atoms with Crippen molar-refractivity contribution in [1.82, 2.24) is 0 Å². The zero-order valence-electron chi connectivity index (χ0n) is 12.6. The van der Waals surface area contributed by atoms with Gasteiger partial charge in [0.1, 0.15) is 0 Å². The summed E-state index contributed by atoms with van der Waals surface area (Å²) in [5.74, 6) is 0. The highest BCUT2D eigenvalue weighted by Crippen LogP contribution is 2.41. The first kappa shape index (κ1) is 13.6. The Labute approximate surface area is 113 Å².